The lowest BCUT2D eigenvalue weighted by molar-refractivity contribution is -0.139. The molecule has 6 heteroatoms. The van der Waals surface area contributed by atoms with Gasteiger partial charge in [0.05, 0.1) is 0 Å². The van der Waals surface area contributed by atoms with Crippen LogP contribution in [0, 0.1) is 0 Å². The summed E-state index contributed by atoms with van der Waals surface area (Å²) < 4.78 is 0.120. The maximum Gasteiger partial charge on any atom is 0.326 e. The van der Waals surface area contributed by atoms with Gasteiger partial charge in [-0.1, -0.05) is 18.9 Å². The third-order valence-corrected chi connectivity index (χ3v) is 4.94. The first kappa shape index (κ1) is 15.9. The fraction of sp³-hybridized carbons (Fsp3) is 0.692. The lowest BCUT2D eigenvalue weighted by atomic mass is 10.1. The van der Waals surface area contributed by atoms with Gasteiger partial charge in [-0.05, 0) is 25.5 Å². The molecule has 0 saturated heterocycles. The van der Waals surface area contributed by atoms with Crippen LogP contribution >= 0.6 is 11.8 Å². The SMILES string of the molecule is C=CCC(NC(=O)NCC1(SC)CCCC1)C(=O)O. The Morgan fingerprint density at radius 3 is 2.58 bits per heavy atom. The Hall–Kier alpha value is -1.17. The van der Waals surface area contributed by atoms with E-state index in [0.29, 0.717) is 6.54 Å². The Bertz CT molecular complexity index is 341. The van der Waals surface area contributed by atoms with E-state index in [9.17, 15) is 9.59 Å². The Morgan fingerprint density at radius 1 is 1.47 bits per heavy atom. The van der Waals surface area contributed by atoms with Gasteiger partial charge in [0.2, 0.25) is 0 Å². The standard InChI is InChI=1S/C13H22N2O3S/c1-3-6-10(11(16)17)15-12(18)14-9-13(19-2)7-4-5-8-13/h3,10H,1,4-9H2,2H3,(H,16,17)(H2,14,15,18). The quantitative estimate of drug-likeness (QED) is 0.625. The second-order valence-electron chi connectivity index (χ2n) is 4.84. The smallest absolute Gasteiger partial charge is 0.326 e. The highest BCUT2D eigenvalue weighted by Gasteiger charge is 2.33. The van der Waals surface area contributed by atoms with Crippen LogP contribution in [-0.4, -0.2) is 40.7 Å². The summed E-state index contributed by atoms with van der Waals surface area (Å²) in [7, 11) is 0. The van der Waals surface area contributed by atoms with Crippen molar-refractivity contribution >= 4 is 23.8 Å². The zero-order chi connectivity index (χ0) is 14.3. The molecular formula is C13H22N2O3S. The minimum atomic E-state index is -1.05. The van der Waals surface area contributed by atoms with Gasteiger partial charge >= 0.3 is 12.0 Å². The lowest BCUT2D eigenvalue weighted by Crippen LogP contribution is -2.49. The van der Waals surface area contributed by atoms with E-state index in [1.807, 2.05) is 0 Å². The van der Waals surface area contributed by atoms with E-state index in [0.717, 1.165) is 12.8 Å². The molecule has 3 N–H and O–H groups in total. The number of hydrogen-bond donors (Lipinski definition) is 3. The number of urea groups is 1. The molecule has 0 aliphatic heterocycles. The number of thioether (sulfide) groups is 1. The fourth-order valence-corrected chi connectivity index (χ4v) is 3.22. The Morgan fingerprint density at radius 2 is 2.11 bits per heavy atom. The van der Waals surface area contributed by atoms with E-state index in [2.05, 4.69) is 23.5 Å². The molecule has 19 heavy (non-hydrogen) atoms. The first-order chi connectivity index (χ1) is 9.03. The number of carboxylic acid groups (broad SMARTS) is 1. The van der Waals surface area contributed by atoms with Gasteiger partial charge in [-0.15, -0.1) is 6.58 Å². The first-order valence-electron chi connectivity index (χ1n) is 6.46. The van der Waals surface area contributed by atoms with Crippen LogP contribution in [0.1, 0.15) is 32.1 Å². The van der Waals surface area contributed by atoms with Crippen LogP contribution in [0.4, 0.5) is 4.79 Å². The molecule has 0 aromatic carbocycles. The van der Waals surface area contributed by atoms with Crippen molar-refractivity contribution in [2.75, 3.05) is 12.8 Å². The van der Waals surface area contributed by atoms with Crippen molar-refractivity contribution in [1.82, 2.24) is 10.6 Å². The van der Waals surface area contributed by atoms with E-state index in [4.69, 9.17) is 5.11 Å². The molecule has 0 spiro atoms. The number of carbonyl (C=O) groups excluding carboxylic acids is 1. The summed E-state index contributed by atoms with van der Waals surface area (Å²) in [6.45, 7) is 4.07. The van der Waals surface area contributed by atoms with Crippen LogP contribution in [0.15, 0.2) is 12.7 Å². The summed E-state index contributed by atoms with van der Waals surface area (Å²) in [5, 5.41) is 14.2. The van der Waals surface area contributed by atoms with Crippen molar-refractivity contribution in [3.63, 3.8) is 0 Å². The zero-order valence-corrected chi connectivity index (χ0v) is 12.1. The molecule has 0 heterocycles. The van der Waals surface area contributed by atoms with E-state index in [-0.39, 0.29) is 11.2 Å². The molecule has 108 valence electrons. The van der Waals surface area contributed by atoms with Gasteiger partial charge in [0, 0.05) is 11.3 Å². The summed E-state index contributed by atoms with van der Waals surface area (Å²) in [6.07, 6.45) is 8.35. The molecule has 1 aliphatic rings. The normalized spacial score (nSPS) is 18.6. The molecule has 1 aliphatic carbocycles. The maximum absolute atomic E-state index is 11.7. The van der Waals surface area contributed by atoms with Crippen molar-refractivity contribution in [3.05, 3.63) is 12.7 Å². The molecule has 2 amide bonds. The number of carboxylic acids is 1. The molecule has 1 fully saturated rings. The lowest BCUT2D eigenvalue weighted by Gasteiger charge is -2.27. The van der Waals surface area contributed by atoms with Gasteiger partial charge in [-0.2, -0.15) is 11.8 Å². The molecule has 1 saturated carbocycles. The van der Waals surface area contributed by atoms with Gasteiger partial charge in [0.1, 0.15) is 6.04 Å². The summed E-state index contributed by atoms with van der Waals surface area (Å²) in [5.41, 5.74) is 0. The molecule has 0 aromatic heterocycles. The minimum Gasteiger partial charge on any atom is -0.480 e. The Labute approximate surface area is 118 Å². The number of carbonyl (C=O) groups is 2. The van der Waals surface area contributed by atoms with Crippen LogP contribution in [0.2, 0.25) is 0 Å². The van der Waals surface area contributed by atoms with Crippen molar-refractivity contribution in [2.45, 2.75) is 42.9 Å². The maximum atomic E-state index is 11.7. The summed E-state index contributed by atoms with van der Waals surface area (Å²) in [5.74, 6) is -1.05. The molecule has 0 aromatic rings. The molecule has 0 radical (unpaired) electrons. The van der Waals surface area contributed by atoms with Crippen LogP contribution in [0.3, 0.4) is 0 Å². The summed E-state index contributed by atoms with van der Waals surface area (Å²) in [4.78, 5) is 22.6. The van der Waals surface area contributed by atoms with Crippen molar-refractivity contribution < 1.29 is 14.7 Å². The topological polar surface area (TPSA) is 78.4 Å². The van der Waals surface area contributed by atoms with Gasteiger partial charge in [-0.3, -0.25) is 0 Å². The molecule has 1 rings (SSSR count). The number of aliphatic carboxylic acids is 1. The third kappa shape index (κ3) is 4.78. The summed E-state index contributed by atoms with van der Waals surface area (Å²) in [6, 6.07) is -1.33. The average Bonchev–Trinajstić information content (AvgIpc) is 2.85. The highest BCUT2D eigenvalue weighted by atomic mass is 32.2. The van der Waals surface area contributed by atoms with Crippen LogP contribution < -0.4 is 10.6 Å². The van der Waals surface area contributed by atoms with Crippen molar-refractivity contribution in [2.24, 2.45) is 0 Å². The van der Waals surface area contributed by atoms with Crippen LogP contribution in [-0.2, 0) is 4.79 Å². The minimum absolute atomic E-state index is 0.120. The van der Waals surface area contributed by atoms with Crippen molar-refractivity contribution in [3.8, 4) is 0 Å². The van der Waals surface area contributed by atoms with Gasteiger partial charge in [0.15, 0.2) is 0 Å². The zero-order valence-electron chi connectivity index (χ0n) is 11.3. The highest BCUT2D eigenvalue weighted by molar-refractivity contribution is 8.00. The van der Waals surface area contributed by atoms with E-state index < -0.39 is 18.0 Å². The number of rotatable bonds is 7. The monoisotopic (exact) mass is 286 g/mol. The third-order valence-electron chi connectivity index (χ3n) is 3.52. The molecule has 1 atom stereocenters. The largest absolute Gasteiger partial charge is 0.480 e. The highest BCUT2D eigenvalue weighted by Crippen LogP contribution is 2.39. The molecule has 5 nitrogen and oxygen atoms in total. The predicted octanol–water partition coefficient (Wildman–Crippen LogP) is 1.99. The molecular weight excluding hydrogens is 264 g/mol. The number of hydrogen-bond acceptors (Lipinski definition) is 3. The number of amides is 2. The summed E-state index contributed by atoms with van der Waals surface area (Å²) >= 11 is 1.78. The first-order valence-corrected chi connectivity index (χ1v) is 7.69. The van der Waals surface area contributed by atoms with Crippen LogP contribution in [0.25, 0.3) is 0 Å². The second kappa shape index (κ2) is 7.43. The van der Waals surface area contributed by atoms with Gasteiger partial charge < -0.3 is 15.7 Å². The van der Waals surface area contributed by atoms with Gasteiger partial charge in [-0.25, -0.2) is 9.59 Å². The Kier molecular flexibility index (Phi) is 6.21. The second-order valence-corrected chi connectivity index (χ2v) is 6.11. The predicted molar refractivity (Wildman–Crippen MR) is 77.5 cm³/mol. The van der Waals surface area contributed by atoms with Crippen LogP contribution in [0.5, 0.6) is 0 Å². The van der Waals surface area contributed by atoms with E-state index >= 15 is 0 Å². The molecule has 1 unspecified atom stereocenters. The fourth-order valence-electron chi connectivity index (χ4n) is 2.31. The Balaban J connectivity index is 2.41. The average molecular weight is 286 g/mol. The van der Waals surface area contributed by atoms with Gasteiger partial charge in [0.25, 0.3) is 0 Å². The number of nitrogens with one attached hydrogen (secondary N) is 2. The van der Waals surface area contributed by atoms with Crippen molar-refractivity contribution in [1.29, 1.82) is 0 Å². The van der Waals surface area contributed by atoms with E-state index in [1.54, 1.807) is 11.8 Å². The van der Waals surface area contributed by atoms with E-state index in [1.165, 1.54) is 18.9 Å². The molecule has 0 bridgehead atoms.